The fourth-order valence-corrected chi connectivity index (χ4v) is 3.20. The zero-order valence-electron chi connectivity index (χ0n) is 14.3. The molecule has 25 heavy (non-hydrogen) atoms. The van der Waals surface area contributed by atoms with Crippen molar-refractivity contribution in [1.82, 2.24) is 10.6 Å². The number of amides is 2. The van der Waals surface area contributed by atoms with Crippen LogP contribution in [-0.4, -0.2) is 36.4 Å². The third kappa shape index (κ3) is 4.31. The van der Waals surface area contributed by atoms with Gasteiger partial charge in [-0.25, -0.2) is 4.79 Å². The van der Waals surface area contributed by atoms with Crippen molar-refractivity contribution in [3.8, 4) is 5.75 Å². The van der Waals surface area contributed by atoms with Crippen LogP contribution in [0.25, 0.3) is 0 Å². The summed E-state index contributed by atoms with van der Waals surface area (Å²) in [5, 5.41) is 15.4. The summed E-state index contributed by atoms with van der Waals surface area (Å²) in [5.41, 5.74) is 2.20. The van der Waals surface area contributed by atoms with Crippen molar-refractivity contribution in [3.63, 3.8) is 0 Å². The van der Waals surface area contributed by atoms with Gasteiger partial charge >= 0.3 is 6.03 Å². The average molecular weight is 340 g/mol. The van der Waals surface area contributed by atoms with E-state index < -0.39 is 0 Å². The topological polar surface area (TPSA) is 70.6 Å². The molecule has 0 saturated heterocycles. The summed E-state index contributed by atoms with van der Waals surface area (Å²) in [6.45, 7) is 2.43. The monoisotopic (exact) mass is 340 g/mol. The Labute approximate surface area is 148 Å². The van der Waals surface area contributed by atoms with Gasteiger partial charge in [-0.05, 0) is 25.0 Å². The first-order chi connectivity index (χ1) is 12.2. The number of hydrogen-bond acceptors (Lipinski definition) is 3. The van der Waals surface area contributed by atoms with E-state index in [1.165, 1.54) is 0 Å². The van der Waals surface area contributed by atoms with E-state index >= 15 is 0 Å². The van der Waals surface area contributed by atoms with E-state index in [9.17, 15) is 9.90 Å². The van der Waals surface area contributed by atoms with Crippen LogP contribution in [-0.2, 0) is 6.42 Å². The lowest BCUT2D eigenvalue weighted by molar-refractivity contribution is 0.211. The fraction of sp³-hybridized carbons (Fsp3) is 0.350. The third-order valence-corrected chi connectivity index (χ3v) is 4.58. The number of hydrogen-bond donors (Lipinski definition) is 3. The van der Waals surface area contributed by atoms with Gasteiger partial charge in [0, 0.05) is 17.5 Å². The van der Waals surface area contributed by atoms with Crippen LogP contribution in [0.1, 0.15) is 24.0 Å². The van der Waals surface area contributed by atoms with Crippen LogP contribution < -0.4 is 15.4 Å². The van der Waals surface area contributed by atoms with Crippen LogP contribution in [0, 0.1) is 0 Å². The molecule has 1 heterocycles. The molecule has 0 radical (unpaired) electrons. The quantitative estimate of drug-likeness (QED) is 0.756. The van der Waals surface area contributed by atoms with E-state index in [0.717, 1.165) is 16.9 Å². The maximum Gasteiger partial charge on any atom is 0.315 e. The molecule has 0 bridgehead atoms. The molecule has 0 aromatic heterocycles. The van der Waals surface area contributed by atoms with Crippen LogP contribution >= 0.6 is 0 Å². The zero-order chi connectivity index (χ0) is 17.6. The molecule has 5 heteroatoms. The number of fused-ring (bicyclic) bond motifs is 1. The summed E-state index contributed by atoms with van der Waals surface area (Å²) >= 11 is 0. The van der Waals surface area contributed by atoms with E-state index in [2.05, 4.69) is 10.6 Å². The Morgan fingerprint density at radius 3 is 2.64 bits per heavy atom. The molecular formula is C20H24N2O3. The summed E-state index contributed by atoms with van der Waals surface area (Å²) < 4.78 is 5.68. The molecule has 1 aliphatic heterocycles. The predicted molar refractivity (Wildman–Crippen MR) is 96.8 cm³/mol. The van der Waals surface area contributed by atoms with Gasteiger partial charge in [-0.3, -0.25) is 0 Å². The van der Waals surface area contributed by atoms with Gasteiger partial charge in [-0.1, -0.05) is 48.5 Å². The van der Waals surface area contributed by atoms with Gasteiger partial charge in [0.05, 0.1) is 19.3 Å². The Hall–Kier alpha value is -2.53. The molecule has 2 amide bonds. The van der Waals surface area contributed by atoms with E-state index in [1.807, 2.05) is 61.5 Å². The first-order valence-electron chi connectivity index (χ1n) is 8.61. The highest BCUT2D eigenvalue weighted by molar-refractivity contribution is 5.74. The first kappa shape index (κ1) is 17.3. The van der Waals surface area contributed by atoms with Crippen molar-refractivity contribution < 1.29 is 14.6 Å². The number of benzene rings is 2. The van der Waals surface area contributed by atoms with E-state index in [-0.39, 0.29) is 30.6 Å². The van der Waals surface area contributed by atoms with Crippen molar-refractivity contribution in [3.05, 3.63) is 65.7 Å². The minimum atomic E-state index is -0.318. The van der Waals surface area contributed by atoms with Gasteiger partial charge in [0.25, 0.3) is 0 Å². The molecule has 2 aromatic carbocycles. The Kier molecular flexibility index (Phi) is 5.56. The van der Waals surface area contributed by atoms with Crippen molar-refractivity contribution >= 4 is 6.03 Å². The molecular weight excluding hydrogens is 316 g/mol. The second kappa shape index (κ2) is 8.03. The van der Waals surface area contributed by atoms with Gasteiger partial charge in [-0.2, -0.15) is 0 Å². The summed E-state index contributed by atoms with van der Waals surface area (Å²) in [6, 6.07) is 17.1. The molecule has 3 rings (SSSR count). The minimum absolute atomic E-state index is 0.0697. The van der Waals surface area contributed by atoms with Crippen molar-refractivity contribution in [2.45, 2.75) is 31.3 Å². The predicted octanol–water partition coefficient (Wildman–Crippen LogP) is 2.45. The molecule has 3 atom stereocenters. The average Bonchev–Trinajstić information content (AvgIpc) is 3.06. The summed E-state index contributed by atoms with van der Waals surface area (Å²) in [7, 11) is 0. The summed E-state index contributed by atoms with van der Waals surface area (Å²) in [5.74, 6) is 1.02. The fourth-order valence-electron chi connectivity index (χ4n) is 3.20. The lowest BCUT2D eigenvalue weighted by atomic mass is 9.94. The second-order valence-electron chi connectivity index (χ2n) is 6.43. The smallest absolute Gasteiger partial charge is 0.315 e. The normalized spacial score (nSPS) is 17.9. The number of carbonyl (C=O) groups excluding carboxylic acids is 1. The Morgan fingerprint density at radius 2 is 1.88 bits per heavy atom. The van der Waals surface area contributed by atoms with Gasteiger partial charge in [-0.15, -0.1) is 0 Å². The van der Waals surface area contributed by atoms with Gasteiger partial charge in [0.2, 0.25) is 0 Å². The number of ether oxygens (including phenoxy) is 1. The third-order valence-electron chi connectivity index (χ3n) is 4.58. The highest BCUT2D eigenvalue weighted by Gasteiger charge is 2.29. The number of rotatable bonds is 6. The van der Waals surface area contributed by atoms with Crippen LogP contribution in [0.5, 0.6) is 5.75 Å². The lowest BCUT2D eigenvalue weighted by Crippen LogP contribution is -2.49. The largest absolute Gasteiger partial charge is 0.493 e. The summed E-state index contributed by atoms with van der Waals surface area (Å²) in [4.78, 5) is 12.3. The number of aliphatic hydroxyl groups is 1. The second-order valence-corrected chi connectivity index (χ2v) is 6.43. The van der Waals surface area contributed by atoms with Crippen molar-refractivity contribution in [2.24, 2.45) is 0 Å². The number of urea groups is 1. The zero-order valence-corrected chi connectivity index (χ0v) is 14.3. The van der Waals surface area contributed by atoms with Gasteiger partial charge < -0.3 is 20.5 Å². The molecule has 5 nitrogen and oxygen atoms in total. The summed E-state index contributed by atoms with van der Waals surface area (Å²) in [6.07, 6.45) is 0.592. The highest BCUT2D eigenvalue weighted by atomic mass is 16.5. The molecule has 0 spiro atoms. The lowest BCUT2D eigenvalue weighted by Gasteiger charge is -2.23. The molecule has 1 aliphatic rings. The number of para-hydroxylation sites is 1. The molecule has 3 N–H and O–H groups in total. The van der Waals surface area contributed by atoms with E-state index in [1.54, 1.807) is 0 Å². The SMILES string of the molecule is C[C@H](NC(=O)N[C@H](CO)Cc1ccccc1)[C@@H]1COc2ccccc21. The first-order valence-corrected chi connectivity index (χ1v) is 8.61. The van der Waals surface area contributed by atoms with Gasteiger partial charge in [0.1, 0.15) is 5.75 Å². The Bertz CT molecular complexity index is 705. The molecule has 0 unspecified atom stereocenters. The Balaban J connectivity index is 1.55. The van der Waals surface area contributed by atoms with Crippen LogP contribution in [0.2, 0.25) is 0 Å². The van der Waals surface area contributed by atoms with Gasteiger partial charge in [0.15, 0.2) is 0 Å². The standard InChI is InChI=1S/C20H24N2O3/c1-14(18-13-25-19-10-6-5-9-17(18)19)21-20(24)22-16(12-23)11-15-7-3-2-4-8-15/h2-10,14,16,18,23H,11-13H2,1H3,(H2,21,22,24)/t14-,16-,18-/m0/s1. The molecule has 0 fully saturated rings. The number of aliphatic hydroxyl groups excluding tert-OH is 1. The number of nitrogens with one attached hydrogen (secondary N) is 2. The van der Waals surface area contributed by atoms with Crippen molar-refractivity contribution in [1.29, 1.82) is 0 Å². The van der Waals surface area contributed by atoms with Crippen LogP contribution in [0.3, 0.4) is 0 Å². The van der Waals surface area contributed by atoms with Crippen LogP contribution in [0.15, 0.2) is 54.6 Å². The molecule has 0 aliphatic carbocycles. The minimum Gasteiger partial charge on any atom is -0.493 e. The molecule has 0 saturated carbocycles. The molecule has 132 valence electrons. The van der Waals surface area contributed by atoms with Crippen molar-refractivity contribution in [2.75, 3.05) is 13.2 Å². The van der Waals surface area contributed by atoms with E-state index in [0.29, 0.717) is 13.0 Å². The molecule has 2 aromatic rings. The Morgan fingerprint density at radius 1 is 1.16 bits per heavy atom. The van der Waals surface area contributed by atoms with Crippen LogP contribution in [0.4, 0.5) is 4.79 Å². The maximum atomic E-state index is 12.3. The number of carbonyl (C=O) groups is 1. The van der Waals surface area contributed by atoms with E-state index in [4.69, 9.17) is 4.74 Å². The highest BCUT2D eigenvalue weighted by Crippen LogP contribution is 2.35. The maximum absolute atomic E-state index is 12.3.